The number of hydrogen-bond donors (Lipinski definition) is 3. The van der Waals surface area contributed by atoms with Crippen molar-refractivity contribution in [2.45, 2.75) is 477 Å². The van der Waals surface area contributed by atoms with Gasteiger partial charge in [-0.25, -0.2) is 9.13 Å². The SMILES string of the molecule is CCCCCCCCCCCCCCCCCCCCCCCCC(=O)O[C@H](COC(=O)CCCCCCCCCCCCCCCCCCCCCCC)COP(=O)(O)OC[C@@H](O)COP(=O)(O)OC[C@@H](COC(=O)CCCCCCC)OC(=O)CCCCCCCCCCCCCCCC(C)C. The minimum absolute atomic E-state index is 0.107. The number of aliphatic hydroxyl groups excluding tert-OH is 1. The summed E-state index contributed by atoms with van der Waals surface area (Å²) >= 11 is 0. The molecule has 0 amide bonds. The molecule has 0 aromatic rings. The lowest BCUT2D eigenvalue weighted by atomic mass is 10.0. The Balaban J connectivity index is 5.10. The van der Waals surface area contributed by atoms with Gasteiger partial charge in [0.15, 0.2) is 12.2 Å². The van der Waals surface area contributed by atoms with Gasteiger partial charge in [-0.1, -0.05) is 407 Å². The van der Waals surface area contributed by atoms with E-state index in [9.17, 15) is 43.2 Å². The largest absolute Gasteiger partial charge is 0.472 e. The van der Waals surface area contributed by atoms with Gasteiger partial charge < -0.3 is 33.8 Å². The first-order chi connectivity index (χ1) is 50.5. The second kappa shape index (κ2) is 77.8. The molecule has 0 saturated heterocycles. The van der Waals surface area contributed by atoms with Gasteiger partial charge in [0.2, 0.25) is 0 Å². The third-order valence-electron chi connectivity index (χ3n) is 20.0. The topological polar surface area (TPSA) is 237 Å². The van der Waals surface area contributed by atoms with Crippen molar-refractivity contribution in [2.24, 2.45) is 5.92 Å². The first kappa shape index (κ1) is 102. The van der Waals surface area contributed by atoms with Crippen LogP contribution in [0.2, 0.25) is 0 Å². The zero-order chi connectivity index (χ0) is 76.2. The quantitative estimate of drug-likeness (QED) is 0.0222. The van der Waals surface area contributed by atoms with Crippen molar-refractivity contribution in [3.8, 4) is 0 Å². The van der Waals surface area contributed by atoms with Gasteiger partial charge in [-0.2, -0.15) is 0 Å². The first-order valence-corrected chi connectivity index (χ1v) is 47.1. The molecule has 104 heavy (non-hydrogen) atoms. The van der Waals surface area contributed by atoms with Crippen molar-refractivity contribution in [3.63, 3.8) is 0 Å². The number of unbranched alkanes of at least 4 members (excludes halogenated alkanes) is 57. The van der Waals surface area contributed by atoms with E-state index in [4.69, 9.17) is 37.0 Å². The molecule has 0 aliphatic heterocycles. The highest BCUT2D eigenvalue weighted by molar-refractivity contribution is 7.47. The van der Waals surface area contributed by atoms with Crippen LogP contribution in [0, 0.1) is 5.92 Å². The Labute approximate surface area is 638 Å². The smallest absolute Gasteiger partial charge is 0.462 e. The molecule has 0 aliphatic rings. The maximum atomic E-state index is 13.1. The number of ether oxygens (including phenoxy) is 4. The summed E-state index contributed by atoms with van der Waals surface area (Å²) < 4.78 is 68.6. The van der Waals surface area contributed by atoms with Crippen LogP contribution in [0.15, 0.2) is 0 Å². The van der Waals surface area contributed by atoms with E-state index in [1.54, 1.807) is 0 Å². The Morgan fingerprint density at radius 2 is 0.442 bits per heavy atom. The average molecular weight is 1520 g/mol. The van der Waals surface area contributed by atoms with Gasteiger partial charge in [0.25, 0.3) is 0 Å². The van der Waals surface area contributed by atoms with E-state index >= 15 is 0 Å². The Hall–Kier alpha value is -1.94. The highest BCUT2D eigenvalue weighted by Gasteiger charge is 2.30. The monoisotopic (exact) mass is 1520 g/mol. The lowest BCUT2D eigenvalue weighted by Gasteiger charge is -2.21. The molecule has 0 heterocycles. The van der Waals surface area contributed by atoms with Crippen LogP contribution in [-0.4, -0.2) is 96.7 Å². The Bertz CT molecular complexity index is 1980. The number of phosphoric acid groups is 2. The summed E-state index contributed by atoms with van der Waals surface area (Å²) in [5, 5.41) is 10.6. The zero-order valence-corrected chi connectivity index (χ0v) is 70.0. The fraction of sp³-hybridized carbons (Fsp3) is 0.953. The second-order valence-corrected chi connectivity index (χ2v) is 34.0. The lowest BCUT2D eigenvalue weighted by Crippen LogP contribution is -2.30. The molecule has 19 heteroatoms. The molecule has 618 valence electrons. The molecule has 0 radical (unpaired) electrons. The molecule has 0 aromatic carbocycles. The molecule has 0 rings (SSSR count). The summed E-state index contributed by atoms with van der Waals surface area (Å²) in [6.07, 6.45) is 71.5. The number of aliphatic hydroxyl groups is 1. The minimum Gasteiger partial charge on any atom is -0.462 e. The normalized spacial score (nSPS) is 13.8. The molecule has 0 fully saturated rings. The van der Waals surface area contributed by atoms with E-state index in [1.807, 2.05) is 0 Å². The van der Waals surface area contributed by atoms with Crippen LogP contribution in [0.5, 0.6) is 0 Å². The molecular weight excluding hydrogens is 1350 g/mol. The van der Waals surface area contributed by atoms with Crippen LogP contribution >= 0.6 is 15.6 Å². The van der Waals surface area contributed by atoms with Crippen LogP contribution < -0.4 is 0 Å². The molecule has 3 N–H and O–H groups in total. The molecular formula is C85H166O17P2. The van der Waals surface area contributed by atoms with Gasteiger partial charge in [-0.05, 0) is 31.6 Å². The third kappa shape index (κ3) is 78.2. The molecule has 0 spiro atoms. The van der Waals surface area contributed by atoms with Crippen LogP contribution in [-0.2, 0) is 65.4 Å². The minimum atomic E-state index is -4.96. The van der Waals surface area contributed by atoms with E-state index in [0.29, 0.717) is 25.7 Å². The fourth-order valence-electron chi connectivity index (χ4n) is 13.3. The standard InChI is InChI=1S/C85H166O17P2/c1-6-9-12-15-17-19-21-23-25-27-29-31-33-35-37-39-43-47-51-55-60-65-71-85(90)102-81(75-96-83(88)69-64-59-54-50-46-42-38-36-34-32-30-28-26-24-22-20-18-16-13-10-7-2)77-100-104(93,94)98-73-79(86)72-97-103(91,92)99-76-80(74-95-82(87)68-63-57-14-11-8-3)101-84(89)70-66-61-56-52-48-44-40-41-45-49-53-58-62-67-78(4)5/h78-81,86H,6-77H2,1-5H3,(H,91,92)(H,93,94)/t79-,80+,81+/m0/s1. The molecule has 0 saturated carbocycles. The highest BCUT2D eigenvalue weighted by atomic mass is 31.2. The van der Waals surface area contributed by atoms with Crippen LogP contribution in [0.25, 0.3) is 0 Å². The summed E-state index contributed by atoms with van der Waals surface area (Å²) in [4.78, 5) is 72.8. The van der Waals surface area contributed by atoms with Crippen molar-refractivity contribution in [3.05, 3.63) is 0 Å². The zero-order valence-electron chi connectivity index (χ0n) is 68.2. The number of esters is 4. The van der Waals surface area contributed by atoms with Crippen molar-refractivity contribution in [1.82, 2.24) is 0 Å². The summed E-state index contributed by atoms with van der Waals surface area (Å²) in [5.74, 6) is -1.33. The molecule has 5 atom stereocenters. The van der Waals surface area contributed by atoms with Crippen LogP contribution in [0.4, 0.5) is 0 Å². The van der Waals surface area contributed by atoms with Crippen molar-refractivity contribution >= 4 is 39.5 Å². The third-order valence-corrected chi connectivity index (χ3v) is 21.9. The van der Waals surface area contributed by atoms with E-state index < -0.39 is 97.5 Å². The molecule has 0 bridgehead atoms. The number of carbonyl (C=O) groups excluding carboxylic acids is 4. The van der Waals surface area contributed by atoms with Crippen molar-refractivity contribution < 1.29 is 80.2 Å². The first-order valence-electron chi connectivity index (χ1n) is 44.1. The van der Waals surface area contributed by atoms with Crippen molar-refractivity contribution in [1.29, 1.82) is 0 Å². The van der Waals surface area contributed by atoms with E-state index in [1.165, 1.54) is 276 Å². The number of rotatable bonds is 85. The molecule has 2 unspecified atom stereocenters. The Morgan fingerprint density at radius 3 is 0.654 bits per heavy atom. The van der Waals surface area contributed by atoms with E-state index in [0.717, 1.165) is 102 Å². The Morgan fingerprint density at radius 1 is 0.260 bits per heavy atom. The molecule has 0 aromatic heterocycles. The van der Waals surface area contributed by atoms with E-state index in [2.05, 4.69) is 34.6 Å². The maximum Gasteiger partial charge on any atom is 0.472 e. The maximum absolute atomic E-state index is 13.1. The van der Waals surface area contributed by atoms with Crippen LogP contribution in [0.3, 0.4) is 0 Å². The molecule has 0 aliphatic carbocycles. The predicted molar refractivity (Wildman–Crippen MR) is 428 cm³/mol. The van der Waals surface area contributed by atoms with Gasteiger partial charge in [-0.3, -0.25) is 37.3 Å². The summed E-state index contributed by atoms with van der Waals surface area (Å²) in [7, 11) is -9.91. The second-order valence-electron chi connectivity index (χ2n) is 31.1. The highest BCUT2D eigenvalue weighted by Crippen LogP contribution is 2.45. The number of carbonyl (C=O) groups is 4. The average Bonchev–Trinajstić information content (AvgIpc) is 0.906. The van der Waals surface area contributed by atoms with Gasteiger partial charge in [0, 0.05) is 25.7 Å². The molecule has 17 nitrogen and oxygen atoms in total. The lowest BCUT2D eigenvalue weighted by molar-refractivity contribution is -0.161. The van der Waals surface area contributed by atoms with Gasteiger partial charge in [0.1, 0.15) is 19.3 Å². The van der Waals surface area contributed by atoms with Crippen LogP contribution in [0.1, 0.15) is 458 Å². The van der Waals surface area contributed by atoms with Crippen molar-refractivity contribution in [2.75, 3.05) is 39.6 Å². The predicted octanol–water partition coefficient (Wildman–Crippen LogP) is 26.0. The number of phosphoric ester groups is 2. The van der Waals surface area contributed by atoms with E-state index in [-0.39, 0.29) is 25.7 Å². The van der Waals surface area contributed by atoms with Gasteiger partial charge in [-0.15, -0.1) is 0 Å². The Kier molecular flexibility index (Phi) is 76.3. The summed E-state index contributed by atoms with van der Waals surface area (Å²) in [5.41, 5.74) is 0. The number of hydrogen-bond acceptors (Lipinski definition) is 15. The van der Waals surface area contributed by atoms with Gasteiger partial charge in [0.05, 0.1) is 26.4 Å². The van der Waals surface area contributed by atoms with Gasteiger partial charge >= 0.3 is 39.5 Å². The summed E-state index contributed by atoms with van der Waals surface area (Å²) in [6, 6.07) is 0. The summed E-state index contributed by atoms with van der Waals surface area (Å²) in [6.45, 7) is 7.27. The fourth-order valence-corrected chi connectivity index (χ4v) is 14.9.